The summed E-state index contributed by atoms with van der Waals surface area (Å²) in [5.41, 5.74) is 1.41. The third kappa shape index (κ3) is 6.81. The summed E-state index contributed by atoms with van der Waals surface area (Å²) in [6.45, 7) is 10.4. The molecule has 0 saturated carbocycles. The number of aliphatic imine (C=N–C) groups is 1. The molecular formula is C33H36ClCsF3N5O3S+2. The van der Waals surface area contributed by atoms with Crippen LogP contribution in [-0.4, -0.2) is 102 Å². The van der Waals surface area contributed by atoms with Crippen LogP contribution in [0.15, 0.2) is 40.7 Å². The number of quaternary nitrogens is 1. The van der Waals surface area contributed by atoms with Crippen LogP contribution in [0.2, 0.25) is 5.02 Å². The Labute approximate surface area is 340 Å². The van der Waals surface area contributed by atoms with Crippen LogP contribution in [0.25, 0.3) is 11.1 Å². The number of hydrogen-bond donors (Lipinski definition) is 1. The summed E-state index contributed by atoms with van der Waals surface area (Å²) in [7, 11) is 0. The average molecular weight is 808 g/mol. The smallest absolute Gasteiger partial charge is 0.378 e. The van der Waals surface area contributed by atoms with Crippen LogP contribution >= 0.6 is 23.4 Å². The molecule has 5 aliphatic rings. The Kier molecular flexibility index (Phi) is 11.3. The average Bonchev–Trinajstić information content (AvgIpc) is 3.01. The van der Waals surface area contributed by atoms with Crippen molar-refractivity contribution in [1.82, 2.24) is 14.7 Å². The summed E-state index contributed by atoms with van der Waals surface area (Å²) in [5, 5.41) is 0.159. The van der Waals surface area contributed by atoms with Crippen LogP contribution in [0.1, 0.15) is 31.7 Å². The molecule has 47 heavy (non-hydrogen) atoms. The van der Waals surface area contributed by atoms with Crippen molar-refractivity contribution in [1.29, 1.82) is 0 Å². The van der Waals surface area contributed by atoms with Crippen LogP contribution in [0.4, 0.5) is 23.7 Å². The number of piperidine rings is 1. The number of thioether (sulfide) groups is 1. The second kappa shape index (κ2) is 14.8. The van der Waals surface area contributed by atoms with Crippen molar-refractivity contribution in [3.8, 4) is 11.1 Å². The Morgan fingerprint density at radius 2 is 1.83 bits per heavy atom. The fourth-order valence-corrected chi connectivity index (χ4v) is 9.31. The fraction of sp³-hybridized carbons (Fsp3) is 0.485. The number of likely N-dealkylation sites (tertiary alicyclic amines) is 1. The van der Waals surface area contributed by atoms with Gasteiger partial charge in [0.1, 0.15) is 11.9 Å². The zero-order valence-corrected chi connectivity index (χ0v) is 34.4. The minimum atomic E-state index is -1.28. The summed E-state index contributed by atoms with van der Waals surface area (Å²) in [4.78, 5) is 38.5. The Balaban J connectivity index is 0.00000386. The largest absolute Gasteiger partial charge is 1.00 e. The van der Waals surface area contributed by atoms with Crippen molar-refractivity contribution in [2.45, 2.75) is 49.2 Å². The number of nitrogens with one attached hydrogen (secondary N) is 1. The molecule has 0 aromatic heterocycles. The van der Waals surface area contributed by atoms with E-state index in [-0.39, 0.29) is 109 Å². The molecule has 0 bridgehead atoms. The number of hydrogen-bond acceptors (Lipinski definition) is 6. The van der Waals surface area contributed by atoms with Crippen LogP contribution < -0.4 is 73.8 Å². The number of urea groups is 1. The van der Waals surface area contributed by atoms with Crippen molar-refractivity contribution in [2.75, 3.05) is 51.7 Å². The van der Waals surface area contributed by atoms with Gasteiger partial charge in [0, 0.05) is 49.3 Å². The summed E-state index contributed by atoms with van der Waals surface area (Å²) in [6, 6.07) is 2.95. The molecule has 3 fully saturated rings. The molecule has 0 aliphatic carbocycles. The molecule has 5 aliphatic heterocycles. The van der Waals surface area contributed by atoms with Gasteiger partial charge in [0.2, 0.25) is 5.91 Å². The molecule has 0 radical (unpaired) electrons. The van der Waals surface area contributed by atoms with Gasteiger partial charge in [-0.05, 0) is 57.0 Å². The van der Waals surface area contributed by atoms with Crippen LogP contribution in [0.5, 0.6) is 0 Å². The molecule has 1 N–H and O–H groups in total. The third-order valence-corrected chi connectivity index (χ3v) is 11.7. The number of nitrogens with zero attached hydrogens (tertiary/aromatic N) is 4. The van der Waals surface area contributed by atoms with Crippen LogP contribution in [0, 0.1) is 23.4 Å². The van der Waals surface area contributed by atoms with E-state index in [1.165, 1.54) is 17.8 Å². The van der Waals surface area contributed by atoms with Gasteiger partial charge in [-0.3, -0.25) is 9.69 Å². The zero-order valence-electron chi connectivity index (χ0n) is 26.5. The molecule has 2 aromatic carbocycles. The molecule has 7 rings (SSSR count). The summed E-state index contributed by atoms with van der Waals surface area (Å²) in [6.07, 6.45) is 4.18. The van der Waals surface area contributed by atoms with E-state index in [2.05, 4.69) is 16.5 Å². The molecule has 8 nitrogen and oxygen atoms in total. The Bertz CT molecular complexity index is 1640. The predicted octanol–water partition coefficient (Wildman–Crippen LogP) is 1.52. The quantitative estimate of drug-likeness (QED) is 0.366. The van der Waals surface area contributed by atoms with Gasteiger partial charge in [-0.25, -0.2) is 22.9 Å². The van der Waals surface area contributed by atoms with Gasteiger partial charge in [0.25, 0.3) is 0 Å². The van der Waals surface area contributed by atoms with Gasteiger partial charge >= 0.3 is 74.9 Å². The maximum Gasteiger partial charge on any atom is 1.00 e. The van der Waals surface area contributed by atoms with E-state index < -0.39 is 17.5 Å². The van der Waals surface area contributed by atoms with E-state index in [9.17, 15) is 18.4 Å². The molecule has 5 heterocycles. The second-order valence-electron chi connectivity index (χ2n) is 12.8. The van der Waals surface area contributed by atoms with Crippen molar-refractivity contribution in [2.24, 2.45) is 10.9 Å². The predicted molar refractivity (Wildman–Crippen MR) is 170 cm³/mol. The number of amides is 3. The molecule has 2 aromatic rings. The first-order valence-electron chi connectivity index (χ1n) is 15.8. The van der Waals surface area contributed by atoms with Crippen LogP contribution in [0.3, 0.4) is 0 Å². The fourth-order valence-electron chi connectivity index (χ4n) is 7.55. The Morgan fingerprint density at radius 3 is 2.49 bits per heavy atom. The maximum absolute atomic E-state index is 15.3. The molecule has 14 heteroatoms. The summed E-state index contributed by atoms with van der Waals surface area (Å²) < 4.78 is 49.1. The summed E-state index contributed by atoms with van der Waals surface area (Å²) >= 11 is 8.36. The first-order chi connectivity index (χ1) is 22.1. The van der Waals surface area contributed by atoms with Crippen LogP contribution in [-0.2, 0) is 9.53 Å². The van der Waals surface area contributed by atoms with Crippen molar-refractivity contribution in [3.63, 3.8) is 0 Å². The number of piperazine rings is 1. The van der Waals surface area contributed by atoms with Crippen molar-refractivity contribution in [3.05, 3.63) is 58.9 Å². The van der Waals surface area contributed by atoms with E-state index in [0.717, 1.165) is 51.6 Å². The van der Waals surface area contributed by atoms with E-state index in [1.807, 2.05) is 11.8 Å². The van der Waals surface area contributed by atoms with Gasteiger partial charge in [0.15, 0.2) is 23.2 Å². The Hall–Kier alpha value is -0.848. The van der Waals surface area contributed by atoms with Gasteiger partial charge in [-0.15, -0.1) is 16.8 Å². The molecule has 3 amide bonds. The van der Waals surface area contributed by atoms with E-state index in [1.54, 1.807) is 11.0 Å². The zero-order chi connectivity index (χ0) is 32.3. The van der Waals surface area contributed by atoms with Gasteiger partial charge in [0.05, 0.1) is 40.5 Å². The summed E-state index contributed by atoms with van der Waals surface area (Å²) in [5.74, 6) is -2.10. The number of amidine groups is 1. The van der Waals surface area contributed by atoms with E-state index >= 15 is 4.39 Å². The molecule has 244 valence electrons. The normalized spacial score (nSPS) is 25.1. The molecule has 0 spiro atoms. The Morgan fingerprint density at radius 1 is 1.11 bits per heavy atom. The molecular weight excluding hydrogens is 772 g/mol. The monoisotopic (exact) mass is 807 g/mol. The van der Waals surface area contributed by atoms with E-state index in [0.29, 0.717) is 70.3 Å². The molecule has 3 atom stereocenters. The van der Waals surface area contributed by atoms with Gasteiger partial charge in [-0.1, -0.05) is 18.2 Å². The second-order valence-corrected chi connectivity index (χ2v) is 14.3. The minimum absolute atomic E-state index is 0. The standard InChI is InChI=1S/C33H35ClF3N5O3S.Cs/c1-3-28(43)40-8-9-41(18(2)14-40)32-23-11-24(34)29(22-12-26(36)27(37)13-25(22)35)31-30(23)42(33(44)38-32)20(17-46-31)10-19-4-6-39(7-5-19)21-15-45-16-21;/h3,11-13,18-21H,1,4-10,14-17H2,2H3;/q;+1/p+1. The molecule has 3 unspecified atom stereocenters. The number of carbonyl (C=O) groups is 2. The number of halogens is 4. The number of ether oxygens (including phenoxy) is 1. The number of benzene rings is 2. The molecule has 3 saturated heterocycles. The first kappa shape index (κ1) is 36.0. The third-order valence-electron chi connectivity index (χ3n) is 10.1. The minimum Gasteiger partial charge on any atom is -0.378 e. The van der Waals surface area contributed by atoms with Crippen molar-refractivity contribution >= 4 is 46.8 Å². The SMILES string of the molecule is C=CC(=O)N1CCN(C2=NC(=O)[NH+]3c4c2cc(Cl)c(-c2cc(F)c(F)cc2F)c4SCC3CC2CCN(C3COC3)CC2)C(C)C1.[Cs+]. The first-order valence-corrected chi connectivity index (χ1v) is 17.2. The van der Waals surface area contributed by atoms with Crippen molar-refractivity contribution < 1.29 is 101 Å². The van der Waals surface area contributed by atoms with E-state index in [4.69, 9.17) is 16.3 Å². The number of rotatable bonds is 5. The van der Waals surface area contributed by atoms with Gasteiger partial charge < -0.3 is 14.5 Å². The topological polar surface area (TPSA) is 69.9 Å². The number of carbonyl (C=O) groups excluding carboxylic acids is 2. The maximum atomic E-state index is 15.3. The van der Waals surface area contributed by atoms with Gasteiger partial charge in [-0.2, -0.15) is 0 Å².